The number of aliphatic imine (C=N–C) groups is 1. The standard InChI is InChI=1S/C9H9BrN2/c10-7-2-3-8-6(5-7)1-4-9(11)12-8/h2-3,5H,1,4H2,(H2,11,12). The molecular weight excluding hydrogens is 216 g/mol. The second-order valence-electron chi connectivity index (χ2n) is 2.88. The van der Waals surface area contributed by atoms with Crippen molar-refractivity contribution in [2.45, 2.75) is 12.8 Å². The van der Waals surface area contributed by atoms with Crippen molar-refractivity contribution in [3.8, 4) is 0 Å². The average Bonchev–Trinajstić information content (AvgIpc) is 2.05. The van der Waals surface area contributed by atoms with Crippen LogP contribution in [0.3, 0.4) is 0 Å². The van der Waals surface area contributed by atoms with Crippen LogP contribution in [0, 0.1) is 0 Å². The van der Waals surface area contributed by atoms with E-state index in [1.54, 1.807) is 0 Å². The Morgan fingerprint density at radius 2 is 2.17 bits per heavy atom. The third-order valence-corrected chi connectivity index (χ3v) is 2.45. The fraction of sp³-hybridized carbons (Fsp3) is 0.222. The summed E-state index contributed by atoms with van der Waals surface area (Å²) < 4.78 is 1.11. The quantitative estimate of drug-likeness (QED) is 0.723. The molecule has 1 aromatic rings. The molecule has 0 radical (unpaired) electrons. The maximum absolute atomic E-state index is 5.63. The van der Waals surface area contributed by atoms with Crippen molar-refractivity contribution in [2.24, 2.45) is 10.7 Å². The molecule has 3 heteroatoms. The molecule has 12 heavy (non-hydrogen) atoms. The summed E-state index contributed by atoms with van der Waals surface area (Å²) in [4.78, 5) is 4.26. The Labute approximate surface area is 79.6 Å². The van der Waals surface area contributed by atoms with E-state index in [2.05, 4.69) is 27.0 Å². The molecule has 1 heterocycles. The molecule has 0 fully saturated rings. The van der Waals surface area contributed by atoms with E-state index in [1.165, 1.54) is 5.56 Å². The van der Waals surface area contributed by atoms with Gasteiger partial charge in [-0.3, -0.25) is 0 Å². The number of nitrogens with zero attached hydrogens (tertiary/aromatic N) is 1. The van der Waals surface area contributed by atoms with Crippen LogP contribution in [0.2, 0.25) is 0 Å². The first-order valence-corrected chi connectivity index (χ1v) is 4.66. The van der Waals surface area contributed by atoms with Crippen LogP contribution in [0.5, 0.6) is 0 Å². The van der Waals surface area contributed by atoms with Gasteiger partial charge in [0.05, 0.1) is 11.5 Å². The summed E-state index contributed by atoms with van der Waals surface area (Å²) in [5, 5.41) is 0. The highest BCUT2D eigenvalue weighted by molar-refractivity contribution is 9.10. The maximum atomic E-state index is 5.63. The van der Waals surface area contributed by atoms with Gasteiger partial charge in [0.1, 0.15) is 0 Å². The molecule has 0 unspecified atom stereocenters. The monoisotopic (exact) mass is 224 g/mol. The van der Waals surface area contributed by atoms with E-state index < -0.39 is 0 Å². The average molecular weight is 225 g/mol. The maximum Gasteiger partial charge on any atom is 0.0999 e. The molecule has 1 aliphatic rings. The van der Waals surface area contributed by atoms with Gasteiger partial charge in [-0.25, -0.2) is 4.99 Å². The fourth-order valence-corrected chi connectivity index (χ4v) is 1.75. The van der Waals surface area contributed by atoms with Crippen LogP contribution in [-0.2, 0) is 6.42 Å². The SMILES string of the molecule is NC1=Nc2ccc(Br)cc2CC1. The predicted octanol–water partition coefficient (Wildman–Crippen LogP) is 2.38. The first kappa shape index (κ1) is 7.80. The van der Waals surface area contributed by atoms with Crippen LogP contribution in [-0.4, -0.2) is 5.84 Å². The third kappa shape index (κ3) is 1.37. The highest BCUT2D eigenvalue weighted by atomic mass is 79.9. The molecule has 1 aromatic carbocycles. The van der Waals surface area contributed by atoms with Crippen LogP contribution < -0.4 is 5.73 Å². The fourth-order valence-electron chi connectivity index (χ4n) is 1.34. The summed E-state index contributed by atoms with van der Waals surface area (Å²) in [5.74, 6) is 0.741. The van der Waals surface area contributed by atoms with E-state index in [1.807, 2.05) is 12.1 Å². The Hall–Kier alpha value is -0.830. The number of amidine groups is 1. The largest absolute Gasteiger partial charge is 0.387 e. The van der Waals surface area contributed by atoms with Gasteiger partial charge in [0.25, 0.3) is 0 Å². The summed E-state index contributed by atoms with van der Waals surface area (Å²) in [6, 6.07) is 6.08. The molecule has 1 aliphatic heterocycles. The third-order valence-electron chi connectivity index (χ3n) is 1.96. The highest BCUT2D eigenvalue weighted by Gasteiger charge is 2.08. The highest BCUT2D eigenvalue weighted by Crippen LogP contribution is 2.27. The molecule has 0 amide bonds. The number of fused-ring (bicyclic) bond motifs is 1. The zero-order valence-electron chi connectivity index (χ0n) is 6.55. The number of nitrogens with two attached hydrogens (primary N) is 1. The van der Waals surface area contributed by atoms with Gasteiger partial charge in [0.2, 0.25) is 0 Å². The minimum atomic E-state index is 0.741. The molecule has 0 atom stereocenters. The summed E-state index contributed by atoms with van der Waals surface area (Å²) in [5.41, 5.74) is 7.92. The van der Waals surface area contributed by atoms with Gasteiger partial charge in [-0.2, -0.15) is 0 Å². The van der Waals surface area contributed by atoms with Crippen molar-refractivity contribution in [3.63, 3.8) is 0 Å². The molecule has 0 spiro atoms. The van der Waals surface area contributed by atoms with Crippen LogP contribution in [0.25, 0.3) is 0 Å². The van der Waals surface area contributed by atoms with Crippen molar-refractivity contribution in [3.05, 3.63) is 28.2 Å². The van der Waals surface area contributed by atoms with E-state index in [0.29, 0.717) is 0 Å². The molecular formula is C9H9BrN2. The Balaban J connectivity index is 2.51. The van der Waals surface area contributed by atoms with Crippen LogP contribution in [0.1, 0.15) is 12.0 Å². The molecule has 2 rings (SSSR count). The first-order chi connectivity index (χ1) is 5.75. The van der Waals surface area contributed by atoms with Crippen molar-refractivity contribution in [1.29, 1.82) is 0 Å². The zero-order chi connectivity index (χ0) is 8.55. The Morgan fingerprint density at radius 1 is 1.33 bits per heavy atom. The van der Waals surface area contributed by atoms with Gasteiger partial charge in [-0.15, -0.1) is 0 Å². The summed E-state index contributed by atoms with van der Waals surface area (Å²) in [7, 11) is 0. The molecule has 2 N–H and O–H groups in total. The Morgan fingerprint density at radius 3 is 3.00 bits per heavy atom. The van der Waals surface area contributed by atoms with Gasteiger partial charge in [0.15, 0.2) is 0 Å². The smallest absolute Gasteiger partial charge is 0.0999 e. The molecule has 0 aromatic heterocycles. The van der Waals surface area contributed by atoms with Crippen molar-refractivity contribution >= 4 is 27.5 Å². The van der Waals surface area contributed by atoms with Crippen molar-refractivity contribution in [2.75, 3.05) is 0 Å². The second-order valence-corrected chi connectivity index (χ2v) is 3.79. The molecule has 2 nitrogen and oxygen atoms in total. The van der Waals surface area contributed by atoms with E-state index in [0.717, 1.165) is 28.8 Å². The minimum Gasteiger partial charge on any atom is -0.387 e. The van der Waals surface area contributed by atoms with Gasteiger partial charge in [-0.1, -0.05) is 15.9 Å². The van der Waals surface area contributed by atoms with Gasteiger partial charge >= 0.3 is 0 Å². The zero-order valence-corrected chi connectivity index (χ0v) is 8.13. The lowest BCUT2D eigenvalue weighted by atomic mass is 10.0. The second kappa shape index (κ2) is 2.90. The number of halogens is 1. The van der Waals surface area contributed by atoms with Gasteiger partial charge in [-0.05, 0) is 30.2 Å². The Bertz CT molecular complexity index is 344. The Kier molecular flexibility index (Phi) is 1.89. The van der Waals surface area contributed by atoms with E-state index in [4.69, 9.17) is 5.73 Å². The van der Waals surface area contributed by atoms with Crippen molar-refractivity contribution in [1.82, 2.24) is 0 Å². The summed E-state index contributed by atoms with van der Waals surface area (Å²) >= 11 is 3.43. The number of hydrogen-bond donors (Lipinski definition) is 1. The van der Waals surface area contributed by atoms with Crippen molar-refractivity contribution < 1.29 is 0 Å². The molecule has 0 bridgehead atoms. The molecule has 0 saturated heterocycles. The minimum absolute atomic E-state index is 0.741. The normalized spacial score (nSPS) is 15.2. The lowest BCUT2D eigenvalue weighted by Crippen LogP contribution is -2.15. The van der Waals surface area contributed by atoms with Crippen LogP contribution in [0.15, 0.2) is 27.7 Å². The molecule has 0 aliphatic carbocycles. The van der Waals surface area contributed by atoms with Gasteiger partial charge in [0, 0.05) is 10.9 Å². The summed E-state index contributed by atoms with van der Waals surface area (Å²) in [6.45, 7) is 0. The van der Waals surface area contributed by atoms with Crippen LogP contribution in [0.4, 0.5) is 5.69 Å². The number of aryl methyl sites for hydroxylation is 1. The first-order valence-electron chi connectivity index (χ1n) is 3.87. The lowest BCUT2D eigenvalue weighted by Gasteiger charge is -2.12. The summed E-state index contributed by atoms with van der Waals surface area (Å²) in [6.07, 6.45) is 1.88. The predicted molar refractivity (Wildman–Crippen MR) is 53.7 cm³/mol. The molecule has 0 saturated carbocycles. The number of benzene rings is 1. The number of rotatable bonds is 0. The van der Waals surface area contributed by atoms with E-state index in [9.17, 15) is 0 Å². The lowest BCUT2D eigenvalue weighted by molar-refractivity contribution is 0.994. The van der Waals surface area contributed by atoms with E-state index in [-0.39, 0.29) is 0 Å². The van der Waals surface area contributed by atoms with Gasteiger partial charge < -0.3 is 5.73 Å². The number of hydrogen-bond acceptors (Lipinski definition) is 2. The molecule has 62 valence electrons. The van der Waals surface area contributed by atoms with E-state index >= 15 is 0 Å². The topological polar surface area (TPSA) is 38.4 Å². The van der Waals surface area contributed by atoms with Crippen LogP contribution >= 0.6 is 15.9 Å².